The number of thiophene rings is 1. The highest BCUT2D eigenvalue weighted by atomic mass is 35.5. The van der Waals surface area contributed by atoms with Gasteiger partial charge in [-0.05, 0) is 71.6 Å². The number of aliphatic hydroxyl groups excluding tert-OH is 1. The van der Waals surface area contributed by atoms with Crippen LogP contribution in [0.1, 0.15) is 71.7 Å². The number of aromatic nitrogens is 1. The first-order valence-corrected chi connectivity index (χ1v) is 16.0. The number of thioether (sulfide) groups is 1. The number of aryl methyl sites for hydroxylation is 1. The highest BCUT2D eigenvalue weighted by molar-refractivity contribution is 7.99. The van der Waals surface area contributed by atoms with Crippen LogP contribution >= 0.6 is 34.7 Å². The maximum Gasteiger partial charge on any atom is 0.303 e. The molecule has 2 aromatic heterocycles. The normalized spacial score (nSPS) is 15.9. The highest BCUT2D eigenvalue weighted by Gasteiger charge is 2.44. The molecule has 208 valence electrons. The molecule has 2 atom stereocenters. The summed E-state index contributed by atoms with van der Waals surface area (Å²) in [6.45, 7) is 2.18. The fourth-order valence-electron chi connectivity index (χ4n) is 5.16. The van der Waals surface area contributed by atoms with Crippen LogP contribution in [-0.4, -0.2) is 33.5 Å². The Bertz CT molecular complexity index is 1510. The molecule has 0 bridgehead atoms. The lowest BCUT2D eigenvalue weighted by Gasteiger charge is -2.22. The van der Waals surface area contributed by atoms with Gasteiger partial charge in [-0.2, -0.15) is 11.8 Å². The van der Waals surface area contributed by atoms with Crippen LogP contribution in [0, 0.1) is 5.41 Å². The van der Waals surface area contributed by atoms with Crippen LogP contribution in [0.5, 0.6) is 0 Å². The Kier molecular flexibility index (Phi) is 9.31. The van der Waals surface area contributed by atoms with Gasteiger partial charge in [0.25, 0.3) is 0 Å². The summed E-state index contributed by atoms with van der Waals surface area (Å²) in [6, 6.07) is 21.1. The number of hydrogen-bond acceptors (Lipinski definition) is 5. The Morgan fingerprint density at radius 1 is 1.15 bits per heavy atom. The van der Waals surface area contributed by atoms with E-state index in [4.69, 9.17) is 16.6 Å². The number of nitrogens with zero attached hydrogens (tertiary/aromatic N) is 1. The SMILES string of the molecule is CC(CO)c1ccccc1CCC(SCC1(CC(=O)O)CC1)c1cccc(C=Cc2ccc3scc(Cl)c3n2)c1. The Hall–Kier alpha value is -2.64. The third-order valence-corrected chi connectivity index (χ3v) is 10.8. The maximum atomic E-state index is 11.5. The van der Waals surface area contributed by atoms with Crippen molar-refractivity contribution in [2.24, 2.45) is 5.41 Å². The number of halogens is 1. The summed E-state index contributed by atoms with van der Waals surface area (Å²) in [4.78, 5) is 16.2. The molecule has 2 N–H and O–H groups in total. The molecule has 2 heterocycles. The summed E-state index contributed by atoms with van der Waals surface area (Å²) in [5, 5.41) is 22.0. The van der Waals surface area contributed by atoms with Crippen LogP contribution in [-0.2, 0) is 11.2 Å². The van der Waals surface area contributed by atoms with Crippen molar-refractivity contribution in [2.45, 2.75) is 50.2 Å². The standard InChI is InChI=1S/C33H34ClNO3S2/c1-22(19-36)27-8-3-2-6-24(27)10-13-29(40-21-33(15-16-33)18-31(37)38)25-7-4-5-23(17-25)9-11-26-12-14-30-32(35-26)28(34)20-39-30/h2-9,11-12,14,17,20,22,29,36H,10,13,15-16,18-19,21H2,1H3,(H,37,38). The minimum absolute atomic E-state index is 0.0667. The van der Waals surface area contributed by atoms with E-state index in [9.17, 15) is 15.0 Å². The second kappa shape index (κ2) is 12.9. The molecule has 40 heavy (non-hydrogen) atoms. The van der Waals surface area contributed by atoms with Gasteiger partial charge in [0.2, 0.25) is 0 Å². The molecule has 7 heteroatoms. The van der Waals surface area contributed by atoms with Crippen molar-refractivity contribution in [1.29, 1.82) is 0 Å². The van der Waals surface area contributed by atoms with Crippen molar-refractivity contribution in [3.05, 3.63) is 99.0 Å². The van der Waals surface area contributed by atoms with Gasteiger partial charge in [0.15, 0.2) is 0 Å². The van der Waals surface area contributed by atoms with E-state index in [-0.39, 0.29) is 29.6 Å². The number of benzene rings is 2. The van der Waals surface area contributed by atoms with E-state index in [2.05, 4.69) is 61.5 Å². The Morgan fingerprint density at radius 3 is 2.75 bits per heavy atom. The molecule has 1 saturated carbocycles. The second-order valence-corrected chi connectivity index (χ2v) is 13.4. The van der Waals surface area contributed by atoms with E-state index in [1.807, 2.05) is 35.4 Å². The smallest absolute Gasteiger partial charge is 0.303 e. The molecule has 1 fully saturated rings. The second-order valence-electron chi connectivity index (χ2n) is 10.9. The number of rotatable bonds is 13. The Morgan fingerprint density at radius 2 is 1.98 bits per heavy atom. The number of pyridine rings is 1. The van der Waals surface area contributed by atoms with Gasteiger partial charge in [-0.3, -0.25) is 4.79 Å². The van der Waals surface area contributed by atoms with Crippen LogP contribution < -0.4 is 0 Å². The lowest BCUT2D eigenvalue weighted by atomic mass is 9.92. The van der Waals surface area contributed by atoms with Crippen molar-refractivity contribution in [3.63, 3.8) is 0 Å². The van der Waals surface area contributed by atoms with Crippen LogP contribution in [0.2, 0.25) is 5.02 Å². The molecule has 4 nitrogen and oxygen atoms in total. The van der Waals surface area contributed by atoms with E-state index < -0.39 is 5.97 Å². The molecule has 0 spiro atoms. The Labute approximate surface area is 249 Å². The van der Waals surface area contributed by atoms with E-state index in [0.717, 1.165) is 52.9 Å². The fourth-order valence-corrected chi connectivity index (χ4v) is 7.82. The average molecular weight is 592 g/mol. The zero-order chi connectivity index (χ0) is 28.1. The van der Waals surface area contributed by atoms with Crippen molar-refractivity contribution < 1.29 is 15.0 Å². The molecule has 0 saturated heterocycles. The third-order valence-electron chi connectivity index (χ3n) is 7.73. The molecule has 4 aromatic rings. The van der Waals surface area contributed by atoms with Crippen molar-refractivity contribution in [2.75, 3.05) is 12.4 Å². The minimum atomic E-state index is -0.704. The van der Waals surface area contributed by atoms with E-state index in [0.29, 0.717) is 5.02 Å². The van der Waals surface area contributed by atoms with Crippen molar-refractivity contribution in [3.8, 4) is 0 Å². The molecule has 0 radical (unpaired) electrons. The summed E-state index contributed by atoms with van der Waals surface area (Å²) < 4.78 is 1.08. The fraction of sp³-hybridized carbons (Fsp3) is 0.333. The predicted molar refractivity (Wildman–Crippen MR) is 169 cm³/mol. The van der Waals surface area contributed by atoms with Crippen LogP contribution in [0.25, 0.3) is 22.4 Å². The first kappa shape index (κ1) is 28.9. The lowest BCUT2D eigenvalue weighted by Crippen LogP contribution is -2.12. The molecule has 5 rings (SSSR count). The quantitative estimate of drug-likeness (QED) is 0.162. The summed E-state index contributed by atoms with van der Waals surface area (Å²) in [7, 11) is 0. The minimum Gasteiger partial charge on any atom is -0.481 e. The first-order chi connectivity index (χ1) is 19.4. The summed E-state index contributed by atoms with van der Waals surface area (Å²) in [5.41, 5.74) is 6.45. The van der Waals surface area contributed by atoms with E-state index >= 15 is 0 Å². The van der Waals surface area contributed by atoms with Gasteiger partial charge in [-0.1, -0.05) is 73.1 Å². The summed E-state index contributed by atoms with van der Waals surface area (Å²) in [6.07, 6.45) is 8.17. The largest absolute Gasteiger partial charge is 0.481 e. The lowest BCUT2D eigenvalue weighted by molar-refractivity contribution is -0.138. The van der Waals surface area contributed by atoms with Crippen LogP contribution in [0.4, 0.5) is 0 Å². The molecule has 0 aliphatic heterocycles. The summed E-state index contributed by atoms with van der Waals surface area (Å²) >= 11 is 9.78. The van der Waals surface area contributed by atoms with Gasteiger partial charge in [-0.25, -0.2) is 4.98 Å². The molecule has 2 unspecified atom stereocenters. The third kappa shape index (κ3) is 7.16. The maximum absolute atomic E-state index is 11.5. The van der Waals surface area contributed by atoms with Gasteiger partial charge >= 0.3 is 5.97 Å². The molecule has 0 amide bonds. The molecule has 2 aromatic carbocycles. The van der Waals surface area contributed by atoms with Gasteiger partial charge in [0, 0.05) is 28.9 Å². The topological polar surface area (TPSA) is 70.4 Å². The average Bonchev–Trinajstić information content (AvgIpc) is 3.63. The number of aliphatic hydroxyl groups is 1. The van der Waals surface area contributed by atoms with Crippen molar-refractivity contribution in [1.82, 2.24) is 4.98 Å². The zero-order valence-corrected chi connectivity index (χ0v) is 24.9. The Balaban J connectivity index is 1.36. The monoisotopic (exact) mass is 591 g/mol. The molecular weight excluding hydrogens is 558 g/mol. The van der Waals surface area contributed by atoms with Gasteiger partial charge in [0.1, 0.15) is 5.52 Å². The van der Waals surface area contributed by atoms with E-state index in [1.54, 1.807) is 11.3 Å². The van der Waals surface area contributed by atoms with Crippen molar-refractivity contribution >= 4 is 63.0 Å². The summed E-state index contributed by atoms with van der Waals surface area (Å²) in [5.74, 6) is 0.242. The first-order valence-electron chi connectivity index (χ1n) is 13.7. The number of carboxylic acid groups (broad SMARTS) is 1. The van der Waals surface area contributed by atoms with Crippen LogP contribution in [0.3, 0.4) is 0 Å². The number of hydrogen-bond donors (Lipinski definition) is 2. The predicted octanol–water partition coefficient (Wildman–Crippen LogP) is 8.88. The molecular formula is C33H34ClNO3S2. The molecule has 1 aliphatic carbocycles. The highest BCUT2D eigenvalue weighted by Crippen LogP contribution is 2.53. The molecule has 1 aliphatic rings. The van der Waals surface area contributed by atoms with Crippen LogP contribution in [0.15, 0.2) is 66.0 Å². The van der Waals surface area contributed by atoms with Gasteiger partial charge in [-0.15, -0.1) is 11.3 Å². The number of carboxylic acids is 1. The van der Waals surface area contributed by atoms with Gasteiger partial charge in [0.05, 0.1) is 21.8 Å². The van der Waals surface area contributed by atoms with Gasteiger partial charge < -0.3 is 10.2 Å². The number of aliphatic carboxylic acids is 1. The number of fused-ring (bicyclic) bond motifs is 1. The van der Waals surface area contributed by atoms with E-state index in [1.165, 1.54) is 16.7 Å². The number of carbonyl (C=O) groups is 1. The zero-order valence-electron chi connectivity index (χ0n) is 22.6.